The quantitative estimate of drug-likeness (QED) is 0.260. The highest BCUT2D eigenvalue weighted by molar-refractivity contribution is 5.90. The second-order valence-corrected chi connectivity index (χ2v) is 10.4. The van der Waals surface area contributed by atoms with E-state index in [1.54, 1.807) is 52.0 Å². The Kier molecular flexibility index (Phi) is 8.97. The molecule has 0 saturated heterocycles. The topological polar surface area (TPSA) is 141 Å². The highest BCUT2D eigenvalue weighted by Crippen LogP contribution is 2.34. The molecule has 2 amide bonds. The molecule has 2 heterocycles. The van der Waals surface area contributed by atoms with Crippen molar-refractivity contribution >= 4 is 12.0 Å². The lowest BCUT2D eigenvalue weighted by Gasteiger charge is -2.20. The van der Waals surface area contributed by atoms with Gasteiger partial charge in [-0.15, -0.1) is 10.2 Å². The van der Waals surface area contributed by atoms with E-state index in [0.717, 1.165) is 12.1 Å². The molecule has 1 atom stereocenters. The number of benzene rings is 2. The minimum absolute atomic E-state index is 0.0443. The first-order valence-corrected chi connectivity index (χ1v) is 13.0. The summed E-state index contributed by atoms with van der Waals surface area (Å²) in [6.45, 7) is 6.79. The first-order valence-electron chi connectivity index (χ1n) is 13.0. The van der Waals surface area contributed by atoms with Crippen LogP contribution in [0.2, 0.25) is 0 Å². The summed E-state index contributed by atoms with van der Waals surface area (Å²) in [6, 6.07) is 9.60. The molecule has 0 aliphatic heterocycles. The molecule has 14 heteroatoms. The Hall–Kier alpha value is -5.01. The Morgan fingerprint density at radius 2 is 1.65 bits per heavy atom. The average molecular weight is 599 g/mol. The van der Waals surface area contributed by atoms with Crippen LogP contribution in [0.3, 0.4) is 0 Å². The van der Waals surface area contributed by atoms with Crippen molar-refractivity contribution in [1.82, 2.24) is 30.8 Å². The second kappa shape index (κ2) is 12.5. The maximum Gasteiger partial charge on any atom is 0.416 e. The summed E-state index contributed by atoms with van der Waals surface area (Å²) >= 11 is 0. The van der Waals surface area contributed by atoms with Gasteiger partial charge in [0.2, 0.25) is 0 Å². The standard InChI is InChI=1S/C29H29F3N6O5/c1-16(36-23(39)25-38-37-24(42-25)20-14-33-26(41-5)34-15-20)17-6-8-18(9-7-17)22-12-21(29(30,31)32)11-10-19(22)13-35-27(40)43-28(2,3)4/h6-12,14-16H,13H2,1-5H3,(H,35,40)(H,36,39)/t16-/m1/s1. The molecular weight excluding hydrogens is 569 g/mol. The summed E-state index contributed by atoms with van der Waals surface area (Å²) in [5, 5.41) is 13.0. The number of rotatable bonds is 8. The van der Waals surface area contributed by atoms with Crippen molar-refractivity contribution in [2.24, 2.45) is 0 Å². The minimum atomic E-state index is -4.56. The normalized spacial score (nSPS) is 12.4. The molecule has 0 aliphatic rings. The van der Waals surface area contributed by atoms with Gasteiger partial charge in [0.25, 0.3) is 5.89 Å². The molecule has 4 aromatic rings. The molecule has 226 valence electrons. The number of hydrogen-bond acceptors (Lipinski definition) is 9. The van der Waals surface area contributed by atoms with Crippen molar-refractivity contribution in [2.45, 2.75) is 52.1 Å². The van der Waals surface area contributed by atoms with Gasteiger partial charge in [0.1, 0.15) is 5.60 Å². The molecule has 0 radical (unpaired) electrons. The van der Waals surface area contributed by atoms with E-state index in [0.29, 0.717) is 22.3 Å². The van der Waals surface area contributed by atoms with E-state index in [4.69, 9.17) is 13.9 Å². The number of halogens is 3. The molecule has 0 aliphatic carbocycles. The second-order valence-electron chi connectivity index (χ2n) is 10.4. The molecule has 4 rings (SSSR count). The van der Waals surface area contributed by atoms with Gasteiger partial charge in [0.15, 0.2) is 0 Å². The van der Waals surface area contributed by atoms with Crippen molar-refractivity contribution in [3.05, 3.63) is 77.4 Å². The fourth-order valence-electron chi connectivity index (χ4n) is 3.91. The Morgan fingerprint density at radius 3 is 2.26 bits per heavy atom. The summed E-state index contributed by atoms with van der Waals surface area (Å²) in [7, 11) is 1.42. The van der Waals surface area contributed by atoms with Crippen LogP contribution in [0.1, 0.15) is 61.1 Å². The molecule has 0 bridgehead atoms. The number of aromatic nitrogens is 4. The van der Waals surface area contributed by atoms with Crippen LogP contribution in [0.15, 0.2) is 59.3 Å². The molecule has 0 fully saturated rings. The van der Waals surface area contributed by atoms with Gasteiger partial charge in [-0.1, -0.05) is 30.3 Å². The van der Waals surface area contributed by atoms with Gasteiger partial charge in [-0.05, 0) is 62.1 Å². The van der Waals surface area contributed by atoms with Crippen molar-refractivity contribution in [3.8, 4) is 28.6 Å². The Balaban J connectivity index is 1.48. The van der Waals surface area contributed by atoms with Crippen LogP contribution < -0.4 is 15.4 Å². The largest absolute Gasteiger partial charge is 0.467 e. The number of nitrogens with zero attached hydrogens (tertiary/aromatic N) is 4. The first kappa shape index (κ1) is 30.9. The SMILES string of the molecule is COc1ncc(-c2nnc(C(=O)N[C@H](C)c3ccc(-c4cc(C(F)(F)F)ccc4CNC(=O)OC(C)(C)C)cc3)o2)cn1. The van der Waals surface area contributed by atoms with Crippen LogP contribution >= 0.6 is 0 Å². The molecule has 2 aromatic heterocycles. The Bertz CT molecular complexity index is 1580. The van der Waals surface area contributed by atoms with Crippen molar-refractivity contribution in [2.75, 3.05) is 7.11 Å². The van der Waals surface area contributed by atoms with E-state index >= 15 is 0 Å². The predicted molar refractivity (Wildman–Crippen MR) is 148 cm³/mol. The molecule has 43 heavy (non-hydrogen) atoms. The minimum Gasteiger partial charge on any atom is -0.467 e. The van der Waals surface area contributed by atoms with E-state index < -0.39 is 35.4 Å². The van der Waals surface area contributed by atoms with Gasteiger partial charge < -0.3 is 24.5 Å². The zero-order chi connectivity index (χ0) is 31.4. The fourth-order valence-corrected chi connectivity index (χ4v) is 3.91. The van der Waals surface area contributed by atoms with Crippen molar-refractivity contribution < 1.29 is 36.7 Å². The molecule has 0 saturated carbocycles. The number of amides is 2. The molecule has 0 unspecified atom stereocenters. The molecule has 11 nitrogen and oxygen atoms in total. The van der Waals surface area contributed by atoms with Crippen LogP contribution in [0.4, 0.5) is 18.0 Å². The zero-order valence-corrected chi connectivity index (χ0v) is 23.9. The third kappa shape index (κ3) is 8.05. The van der Waals surface area contributed by atoms with Crippen LogP contribution in [0.5, 0.6) is 6.01 Å². The maximum atomic E-state index is 13.5. The van der Waals surface area contributed by atoms with Gasteiger partial charge in [-0.3, -0.25) is 4.79 Å². The maximum absolute atomic E-state index is 13.5. The van der Waals surface area contributed by atoms with E-state index in [1.165, 1.54) is 25.6 Å². The van der Waals surface area contributed by atoms with Gasteiger partial charge in [0, 0.05) is 18.9 Å². The van der Waals surface area contributed by atoms with Gasteiger partial charge in [-0.2, -0.15) is 13.2 Å². The smallest absolute Gasteiger partial charge is 0.416 e. The summed E-state index contributed by atoms with van der Waals surface area (Å²) in [6.07, 6.45) is -2.42. The predicted octanol–water partition coefficient (Wildman–Crippen LogP) is 5.74. The van der Waals surface area contributed by atoms with Crippen LogP contribution in [-0.2, 0) is 17.5 Å². The third-order valence-electron chi connectivity index (χ3n) is 6.01. The lowest BCUT2D eigenvalue weighted by atomic mass is 9.95. The van der Waals surface area contributed by atoms with Crippen molar-refractivity contribution in [1.29, 1.82) is 0 Å². The summed E-state index contributed by atoms with van der Waals surface area (Å²) in [4.78, 5) is 32.8. The molecule has 2 N–H and O–H groups in total. The number of alkyl halides is 3. The average Bonchev–Trinajstić information content (AvgIpc) is 3.45. The van der Waals surface area contributed by atoms with Crippen LogP contribution in [0, 0.1) is 0 Å². The number of carbonyl (C=O) groups is 2. The van der Waals surface area contributed by atoms with E-state index in [9.17, 15) is 22.8 Å². The van der Waals surface area contributed by atoms with Gasteiger partial charge in [-0.25, -0.2) is 14.8 Å². The summed E-state index contributed by atoms with van der Waals surface area (Å²) < 4.78 is 56.1. The number of carbonyl (C=O) groups excluding carboxylic acids is 2. The third-order valence-corrected chi connectivity index (χ3v) is 6.01. The Labute approximate surface area is 244 Å². The van der Waals surface area contributed by atoms with E-state index in [2.05, 4.69) is 30.8 Å². The monoisotopic (exact) mass is 598 g/mol. The van der Waals surface area contributed by atoms with Gasteiger partial charge >= 0.3 is 30.1 Å². The lowest BCUT2D eigenvalue weighted by molar-refractivity contribution is -0.137. The molecule has 0 spiro atoms. The molecule has 2 aromatic carbocycles. The summed E-state index contributed by atoms with van der Waals surface area (Å²) in [5.41, 5.74) is 0.738. The summed E-state index contributed by atoms with van der Waals surface area (Å²) in [5.74, 6) is -0.860. The number of methoxy groups -OCH3 is 1. The highest BCUT2D eigenvalue weighted by atomic mass is 19.4. The van der Waals surface area contributed by atoms with Crippen LogP contribution in [-0.4, -0.2) is 44.9 Å². The Morgan fingerprint density at radius 1 is 0.977 bits per heavy atom. The fraction of sp³-hybridized carbons (Fsp3) is 0.310. The van der Waals surface area contributed by atoms with E-state index in [-0.39, 0.29) is 29.9 Å². The number of ether oxygens (including phenoxy) is 2. The van der Waals surface area contributed by atoms with Crippen molar-refractivity contribution in [3.63, 3.8) is 0 Å². The number of alkyl carbamates (subject to hydrolysis) is 1. The number of hydrogen-bond donors (Lipinski definition) is 2. The number of nitrogens with one attached hydrogen (secondary N) is 2. The molecular formula is C29H29F3N6O5. The lowest BCUT2D eigenvalue weighted by Crippen LogP contribution is -2.32. The zero-order valence-electron chi connectivity index (χ0n) is 23.9. The van der Waals surface area contributed by atoms with Crippen LogP contribution in [0.25, 0.3) is 22.6 Å². The first-order chi connectivity index (χ1) is 20.2. The van der Waals surface area contributed by atoms with E-state index in [1.807, 2.05) is 0 Å². The van der Waals surface area contributed by atoms with Gasteiger partial charge in [0.05, 0.1) is 24.3 Å². The highest BCUT2D eigenvalue weighted by Gasteiger charge is 2.31.